The molecule has 0 radical (unpaired) electrons. The first-order valence-electron chi connectivity index (χ1n) is 32.2. The third kappa shape index (κ3) is 62.0. The van der Waals surface area contributed by atoms with Gasteiger partial charge in [-0.05, 0) is 109 Å². The number of quaternary nitrogens is 1. The Labute approximate surface area is 493 Å². The number of amides is 1. The predicted octanol–water partition coefficient (Wildman–Crippen LogP) is 19.8. The Morgan fingerprint density at radius 3 is 1.16 bits per heavy atom. The Morgan fingerprint density at radius 1 is 0.450 bits per heavy atom. The lowest BCUT2D eigenvalue weighted by Crippen LogP contribution is -2.45. The molecule has 0 aromatic carbocycles. The van der Waals surface area contributed by atoms with Crippen molar-refractivity contribution in [2.24, 2.45) is 0 Å². The number of likely N-dealkylation sites (N-methyl/N-ethyl adjacent to an activating group) is 1. The zero-order valence-corrected chi connectivity index (χ0v) is 52.9. The fourth-order valence-corrected chi connectivity index (χ4v) is 9.26. The normalized spacial score (nSPS) is 14.7. The largest absolute Gasteiger partial charge is 0.756 e. The fraction of sp³-hybridized carbons (Fsp3) is 0.648. The van der Waals surface area contributed by atoms with Gasteiger partial charge in [0.2, 0.25) is 5.91 Å². The van der Waals surface area contributed by atoms with E-state index in [-0.39, 0.29) is 18.9 Å². The van der Waals surface area contributed by atoms with Gasteiger partial charge in [-0.1, -0.05) is 275 Å². The summed E-state index contributed by atoms with van der Waals surface area (Å²) in [4.78, 5) is 25.5. The van der Waals surface area contributed by atoms with E-state index in [1.807, 2.05) is 27.2 Å². The highest BCUT2D eigenvalue weighted by Crippen LogP contribution is 2.38. The zero-order valence-electron chi connectivity index (χ0n) is 52.0. The van der Waals surface area contributed by atoms with Crippen LogP contribution in [0.25, 0.3) is 0 Å². The van der Waals surface area contributed by atoms with Crippen molar-refractivity contribution >= 4 is 13.7 Å². The highest BCUT2D eigenvalue weighted by atomic mass is 31.2. The number of nitrogens with zero attached hydrogens (tertiary/aromatic N) is 1. The first-order chi connectivity index (χ1) is 39.0. The van der Waals surface area contributed by atoms with Crippen LogP contribution in [0.2, 0.25) is 0 Å². The molecule has 2 N–H and O–H groups in total. The van der Waals surface area contributed by atoms with E-state index in [0.717, 1.165) is 83.5 Å². The average Bonchev–Trinajstić information content (AvgIpc) is 3.42. The van der Waals surface area contributed by atoms with Crippen LogP contribution < -0.4 is 10.2 Å². The van der Waals surface area contributed by atoms with Crippen molar-refractivity contribution in [3.05, 3.63) is 146 Å². The van der Waals surface area contributed by atoms with E-state index in [1.165, 1.54) is 128 Å². The van der Waals surface area contributed by atoms with Crippen molar-refractivity contribution in [3.8, 4) is 0 Å². The molecule has 0 aliphatic rings. The highest BCUT2D eigenvalue weighted by Gasteiger charge is 2.23. The number of phosphoric acid groups is 1. The van der Waals surface area contributed by atoms with Gasteiger partial charge in [-0.25, -0.2) is 0 Å². The molecular formula is C71H121N2O6P. The van der Waals surface area contributed by atoms with Gasteiger partial charge < -0.3 is 28.8 Å². The van der Waals surface area contributed by atoms with Gasteiger partial charge in [0.1, 0.15) is 13.2 Å². The van der Waals surface area contributed by atoms with Crippen molar-refractivity contribution in [1.82, 2.24) is 5.32 Å². The van der Waals surface area contributed by atoms with Crippen LogP contribution in [-0.4, -0.2) is 68.5 Å². The van der Waals surface area contributed by atoms with Crippen molar-refractivity contribution in [3.63, 3.8) is 0 Å². The molecule has 0 aliphatic heterocycles. The summed E-state index contributed by atoms with van der Waals surface area (Å²) in [5, 5.41) is 13.9. The quantitative estimate of drug-likeness (QED) is 0.0272. The van der Waals surface area contributed by atoms with Crippen LogP contribution in [0.4, 0.5) is 0 Å². The summed E-state index contributed by atoms with van der Waals surface area (Å²) in [6, 6.07) is -0.954. The number of unbranched alkanes of at least 4 members (excludes halogenated alkanes) is 22. The Balaban J connectivity index is 4.36. The minimum atomic E-state index is -4.64. The maximum absolute atomic E-state index is 13.0. The van der Waals surface area contributed by atoms with Gasteiger partial charge in [-0.2, -0.15) is 0 Å². The van der Waals surface area contributed by atoms with E-state index in [9.17, 15) is 19.4 Å². The van der Waals surface area contributed by atoms with Gasteiger partial charge in [-0.15, -0.1) is 0 Å². The molecule has 9 heteroatoms. The number of phosphoric ester groups is 1. The lowest BCUT2D eigenvalue weighted by atomic mass is 10.0. The Morgan fingerprint density at radius 2 is 0.775 bits per heavy atom. The molecule has 0 aromatic heterocycles. The molecule has 80 heavy (non-hydrogen) atoms. The molecule has 0 spiro atoms. The smallest absolute Gasteiger partial charge is 0.268 e. The van der Waals surface area contributed by atoms with Gasteiger partial charge in [0.25, 0.3) is 7.82 Å². The molecule has 8 nitrogen and oxygen atoms in total. The molecule has 0 rings (SSSR count). The second kappa shape index (κ2) is 60.0. The second-order valence-electron chi connectivity index (χ2n) is 22.4. The third-order valence-corrected chi connectivity index (χ3v) is 14.5. The lowest BCUT2D eigenvalue weighted by Gasteiger charge is -2.29. The van der Waals surface area contributed by atoms with Gasteiger partial charge >= 0.3 is 0 Å². The third-order valence-electron chi connectivity index (χ3n) is 13.5. The summed E-state index contributed by atoms with van der Waals surface area (Å²) in [7, 11) is 1.18. The van der Waals surface area contributed by atoms with Gasteiger partial charge in [0, 0.05) is 6.42 Å². The van der Waals surface area contributed by atoms with Gasteiger partial charge in [0.15, 0.2) is 0 Å². The van der Waals surface area contributed by atoms with Crippen molar-refractivity contribution in [2.75, 3.05) is 40.9 Å². The Bertz CT molecular complexity index is 1810. The molecule has 0 saturated heterocycles. The number of carbonyl (C=O) groups is 1. The van der Waals surface area contributed by atoms with Crippen LogP contribution in [0.5, 0.6) is 0 Å². The maximum atomic E-state index is 13.0. The predicted molar refractivity (Wildman–Crippen MR) is 348 cm³/mol. The van der Waals surface area contributed by atoms with Crippen LogP contribution in [-0.2, 0) is 18.4 Å². The van der Waals surface area contributed by atoms with Gasteiger partial charge in [-0.3, -0.25) is 9.36 Å². The van der Waals surface area contributed by atoms with Crippen LogP contribution in [0, 0.1) is 0 Å². The summed E-state index contributed by atoms with van der Waals surface area (Å²) >= 11 is 0. The minimum absolute atomic E-state index is 0.0285. The number of aliphatic hydroxyl groups is 1. The summed E-state index contributed by atoms with van der Waals surface area (Å²) in [6.45, 7) is 4.46. The number of aliphatic hydroxyl groups excluding tert-OH is 1. The van der Waals surface area contributed by atoms with Crippen molar-refractivity contribution < 1.29 is 32.9 Å². The van der Waals surface area contributed by atoms with E-state index in [0.29, 0.717) is 23.9 Å². The highest BCUT2D eigenvalue weighted by molar-refractivity contribution is 7.45. The summed E-state index contributed by atoms with van der Waals surface area (Å²) in [5.41, 5.74) is 0. The number of hydrogen-bond donors (Lipinski definition) is 2. The van der Waals surface area contributed by atoms with E-state index >= 15 is 0 Å². The monoisotopic (exact) mass is 1130 g/mol. The number of rotatable bonds is 57. The van der Waals surface area contributed by atoms with E-state index in [2.05, 4.69) is 153 Å². The van der Waals surface area contributed by atoms with Crippen LogP contribution in [0.1, 0.15) is 245 Å². The Kier molecular flexibility index (Phi) is 57.3. The molecule has 0 fully saturated rings. The van der Waals surface area contributed by atoms with Crippen molar-refractivity contribution in [2.45, 2.75) is 257 Å². The van der Waals surface area contributed by atoms with Crippen LogP contribution in [0.15, 0.2) is 146 Å². The molecule has 0 heterocycles. The first-order valence-corrected chi connectivity index (χ1v) is 33.7. The number of hydrogen-bond acceptors (Lipinski definition) is 6. The number of nitrogens with one attached hydrogen (secondary N) is 1. The van der Waals surface area contributed by atoms with Crippen molar-refractivity contribution in [1.29, 1.82) is 0 Å². The van der Waals surface area contributed by atoms with E-state index < -0.39 is 26.6 Å². The molecule has 3 unspecified atom stereocenters. The molecule has 0 bridgehead atoms. The molecule has 3 atom stereocenters. The zero-order chi connectivity index (χ0) is 58.4. The SMILES string of the molecule is CC/C=C\C/C=C\C/C=C\C/C=C\C/C=C\C/C=C\C/C=C\C/C=C\C/C=C\CCCC(=O)NC(COP(=O)([O-])OCC[N+](C)(C)C)C(O)/C=C/CC/C=C/CC/C=C/CCCCCCCCCCCCCCCCCCCCC. The Hall–Kier alpha value is -3.62. The lowest BCUT2D eigenvalue weighted by molar-refractivity contribution is -0.870. The van der Waals surface area contributed by atoms with Crippen LogP contribution in [0.3, 0.4) is 0 Å². The molecule has 0 saturated carbocycles. The van der Waals surface area contributed by atoms with E-state index in [1.54, 1.807) is 6.08 Å². The number of carbonyl (C=O) groups excluding carboxylic acids is 1. The standard InChI is InChI=1S/C71H121N2O6P/c1-6-8-10-12-14-16-18-20-22-24-26-28-30-32-34-36-38-40-42-44-46-48-50-52-54-56-58-60-62-64-70(74)69(68-79-80(76,77)78-67-66-73(3,4)5)72-71(75)65-63-61-59-57-55-53-51-49-47-45-43-41-39-37-35-33-31-29-27-25-23-21-19-17-15-13-11-9-7-2/h9,11,15,17,21,23,27,29,33,35,39,41,45-48,51,53-54,56-57,59,62,64,69-70,74H,6-8,10,12-14,16,18-20,22,24-26,28,30-32,34,36-38,40,42-44,49-50,52,55,58,60-61,63,65-68H2,1-5H3,(H-,72,75,76,77)/b11-9-,17-15-,23-21-,29-27-,35-33-,41-39-,47-45-,48-46+,53-51-,56-54+,59-57-,64-62+. The van der Waals surface area contributed by atoms with Crippen LogP contribution >= 0.6 is 7.82 Å². The minimum Gasteiger partial charge on any atom is -0.756 e. The summed E-state index contributed by atoms with van der Waals surface area (Å²) in [5.74, 6) is -0.274. The molecule has 0 aliphatic carbocycles. The molecular weight excluding hydrogens is 1010 g/mol. The maximum Gasteiger partial charge on any atom is 0.268 e. The average molecular weight is 1130 g/mol. The molecule has 1 amide bonds. The van der Waals surface area contributed by atoms with E-state index in [4.69, 9.17) is 9.05 Å². The second-order valence-corrected chi connectivity index (χ2v) is 23.8. The summed E-state index contributed by atoms with van der Waals surface area (Å²) < 4.78 is 23.3. The first kappa shape index (κ1) is 76.4. The molecule has 456 valence electrons. The summed E-state index contributed by atoms with van der Waals surface area (Å²) in [6.07, 6.45) is 92.5. The topological polar surface area (TPSA) is 108 Å². The van der Waals surface area contributed by atoms with Gasteiger partial charge in [0.05, 0.1) is 39.9 Å². The molecule has 0 aromatic rings. The number of allylic oxidation sites excluding steroid dienone is 23. The fourth-order valence-electron chi connectivity index (χ4n) is 8.54.